The van der Waals surface area contributed by atoms with Crippen LogP contribution in [0.5, 0.6) is 0 Å². The van der Waals surface area contributed by atoms with Crippen molar-refractivity contribution in [2.24, 2.45) is 5.84 Å². The van der Waals surface area contributed by atoms with E-state index in [1.165, 1.54) is 0 Å². The number of nitrogens with two attached hydrogens (primary N) is 1. The minimum Gasteiger partial charge on any atom is -0.615 e. The predicted molar refractivity (Wildman–Crippen MR) is 15.3 cm³/mol. The third-order valence-electron chi connectivity index (χ3n) is 0. The summed E-state index contributed by atoms with van der Waals surface area (Å²) >= 11 is 0. The molecular formula is CH4N2OU. The average Bonchev–Trinajstić information content (AvgIpc) is 1.50. The standard InChI is InChI=1S/CHO.H3N2.U/c2*1-2;/h1H;1H,2H2;/q2*-1;+2. The molecule has 5 heavy (non-hydrogen) atoms. The van der Waals surface area contributed by atoms with Crippen molar-refractivity contribution in [1.29, 1.82) is 0 Å². The molecule has 0 amide bonds. The van der Waals surface area contributed by atoms with Crippen LogP contribution in [0.15, 0.2) is 0 Å². The van der Waals surface area contributed by atoms with Gasteiger partial charge in [0.05, 0.1) is 0 Å². The second kappa shape index (κ2) is 149. The van der Waals surface area contributed by atoms with E-state index < -0.39 is 0 Å². The predicted octanol–water partition coefficient (Wildman–Crippen LogP) is -0.362. The van der Waals surface area contributed by atoms with Crippen LogP contribution in [0.25, 0.3) is 5.84 Å². The van der Waals surface area contributed by atoms with E-state index in [0.717, 1.165) is 0 Å². The van der Waals surface area contributed by atoms with Crippen LogP contribution >= 0.6 is 0 Å². The fourth-order valence-electron chi connectivity index (χ4n) is 0. The first-order chi connectivity index (χ1) is 2.00. The Labute approximate surface area is 54.4 Å². The maximum absolute atomic E-state index is 7.75. The van der Waals surface area contributed by atoms with Gasteiger partial charge in [0.1, 0.15) is 0 Å². The minimum atomic E-state index is 0. The number of rotatable bonds is 0. The Kier molecular flexibility index (Phi) is 520. The van der Waals surface area contributed by atoms with Gasteiger partial charge in [-0.15, -0.1) is 0 Å². The van der Waals surface area contributed by atoms with Crippen LogP contribution in [0.1, 0.15) is 0 Å². The van der Waals surface area contributed by atoms with E-state index in [0.29, 0.717) is 0 Å². The zero-order valence-corrected chi connectivity index (χ0v) is 6.73. The van der Waals surface area contributed by atoms with E-state index in [-0.39, 0.29) is 31.1 Å². The van der Waals surface area contributed by atoms with Crippen LogP contribution in [0.2, 0.25) is 0 Å². The van der Waals surface area contributed by atoms with E-state index in [1.807, 2.05) is 0 Å². The zero-order chi connectivity index (χ0) is 4.00. The minimum absolute atomic E-state index is 0. The van der Waals surface area contributed by atoms with E-state index in [1.54, 1.807) is 0 Å². The molecule has 0 unspecified atom stereocenters. The maximum Gasteiger partial charge on any atom is 2.00 e. The molecule has 4 heteroatoms. The molecule has 0 heterocycles. The van der Waals surface area contributed by atoms with Gasteiger partial charge < -0.3 is 16.5 Å². The van der Waals surface area contributed by atoms with Crippen molar-refractivity contribution >= 4 is 6.79 Å². The van der Waals surface area contributed by atoms with Gasteiger partial charge in [0.15, 0.2) is 0 Å². The zero-order valence-electron chi connectivity index (χ0n) is 2.56. The Morgan fingerprint density at radius 3 is 1.40 bits per heavy atom. The second-order valence-electron chi connectivity index (χ2n) is 0. The van der Waals surface area contributed by atoms with E-state index in [9.17, 15) is 0 Å². The van der Waals surface area contributed by atoms with Gasteiger partial charge in [-0.25, -0.2) is 0 Å². The SMILES string of the molecule is [CH-]=O.[NH-]N.[U+2]. The molecule has 28 valence electrons. The molecule has 0 aliphatic heterocycles. The Bertz CT molecular complexity index is 9.61. The quantitative estimate of drug-likeness (QED) is 0.287. The molecule has 0 spiro atoms. The third-order valence-corrected chi connectivity index (χ3v) is 0. The largest absolute Gasteiger partial charge is 2.00 e. The van der Waals surface area contributed by atoms with Gasteiger partial charge in [0.2, 0.25) is 0 Å². The summed E-state index contributed by atoms with van der Waals surface area (Å²) in [4.78, 5) is 7.75. The van der Waals surface area contributed by atoms with E-state index in [4.69, 9.17) is 10.6 Å². The summed E-state index contributed by atoms with van der Waals surface area (Å²) in [5.74, 6) is 9.00. The molecule has 0 fully saturated rings. The van der Waals surface area contributed by atoms with Crippen LogP contribution in [0.4, 0.5) is 0 Å². The number of carbonyl (C=O) groups excluding carboxylic acids is 1. The van der Waals surface area contributed by atoms with Gasteiger partial charge in [0.25, 0.3) is 0 Å². The summed E-state index contributed by atoms with van der Waals surface area (Å²) in [5, 5.41) is 0. The Morgan fingerprint density at radius 2 is 1.40 bits per heavy atom. The third kappa shape index (κ3) is 78.6. The van der Waals surface area contributed by atoms with Gasteiger partial charge in [-0.05, 0) is 0 Å². The van der Waals surface area contributed by atoms with E-state index in [2.05, 4.69) is 12.6 Å². The van der Waals surface area contributed by atoms with Gasteiger partial charge in [-0.2, -0.15) is 0 Å². The first-order valence-electron chi connectivity index (χ1n) is 0.524. The van der Waals surface area contributed by atoms with Crippen LogP contribution in [-0.4, -0.2) is 6.79 Å². The Hall–Kier alpha value is 0.642. The van der Waals surface area contributed by atoms with Crippen molar-refractivity contribution in [1.82, 2.24) is 0 Å². The van der Waals surface area contributed by atoms with Crippen molar-refractivity contribution in [3.63, 3.8) is 0 Å². The van der Waals surface area contributed by atoms with Gasteiger partial charge >= 0.3 is 31.1 Å². The van der Waals surface area contributed by atoms with Crippen molar-refractivity contribution in [2.75, 3.05) is 0 Å². The van der Waals surface area contributed by atoms with Crippen molar-refractivity contribution in [3.8, 4) is 0 Å². The first-order valence-corrected chi connectivity index (χ1v) is 0.524. The summed E-state index contributed by atoms with van der Waals surface area (Å²) in [6.07, 6.45) is 0. The Morgan fingerprint density at radius 1 is 1.40 bits per heavy atom. The molecule has 0 aromatic carbocycles. The maximum atomic E-state index is 7.75. The molecule has 0 aliphatic carbocycles. The number of hydrogen-bond acceptors (Lipinski definition) is 2. The topological polar surface area (TPSA) is 66.9 Å². The van der Waals surface area contributed by atoms with Crippen LogP contribution in [0, 0.1) is 31.1 Å². The molecule has 3 nitrogen and oxygen atoms in total. The fraction of sp³-hybridized carbons (Fsp3) is 0. The summed E-state index contributed by atoms with van der Waals surface area (Å²) in [5.41, 5.74) is 0. The number of hydrogen-bond donors (Lipinski definition) is 1. The Balaban J connectivity index is -0.0000000133. The summed E-state index contributed by atoms with van der Waals surface area (Å²) < 4.78 is 0. The van der Waals surface area contributed by atoms with Crippen molar-refractivity contribution in [3.05, 3.63) is 5.84 Å². The summed E-state index contributed by atoms with van der Waals surface area (Å²) in [6, 6.07) is 0. The van der Waals surface area contributed by atoms with E-state index >= 15 is 0 Å². The molecular weight excluding hydrogens is 294 g/mol. The molecule has 0 radical (unpaired) electrons. The monoisotopic (exact) mass is 298 g/mol. The normalized spacial score (nSPS) is 2.00. The second-order valence-corrected chi connectivity index (χ2v) is 0. The molecule has 0 saturated heterocycles. The van der Waals surface area contributed by atoms with Crippen LogP contribution in [-0.2, 0) is 4.79 Å². The van der Waals surface area contributed by atoms with Crippen molar-refractivity contribution < 1.29 is 35.9 Å². The van der Waals surface area contributed by atoms with Gasteiger partial charge in [-0.1, -0.05) is 0 Å². The molecule has 0 aromatic rings. The fourth-order valence-corrected chi connectivity index (χ4v) is 0. The molecule has 0 aliphatic rings. The molecule has 0 saturated carbocycles. The molecule has 0 bridgehead atoms. The van der Waals surface area contributed by atoms with Gasteiger partial charge in [0, 0.05) is 0 Å². The number of nitrogens with one attached hydrogen (secondary N) is 1. The molecule has 0 rings (SSSR count). The smallest absolute Gasteiger partial charge is 0.615 e. The molecule has 0 atom stereocenters. The molecule has 0 aromatic heterocycles. The van der Waals surface area contributed by atoms with Gasteiger partial charge in [-0.3, -0.25) is 6.79 Å². The summed E-state index contributed by atoms with van der Waals surface area (Å²) in [7, 11) is 0. The summed E-state index contributed by atoms with van der Waals surface area (Å²) in [6.45, 7) is 3.25. The average molecular weight is 298 g/mol. The molecule has 3 N–H and O–H groups in total. The van der Waals surface area contributed by atoms with Crippen LogP contribution in [0.3, 0.4) is 0 Å². The first kappa shape index (κ1) is 17.4. The van der Waals surface area contributed by atoms with Crippen molar-refractivity contribution in [2.45, 2.75) is 0 Å². The van der Waals surface area contributed by atoms with Crippen LogP contribution < -0.4 is 5.84 Å².